The van der Waals surface area contributed by atoms with Gasteiger partial charge >= 0.3 is 0 Å². The van der Waals surface area contributed by atoms with E-state index < -0.39 is 10.0 Å². The van der Waals surface area contributed by atoms with Crippen molar-refractivity contribution in [1.82, 2.24) is 4.31 Å². The van der Waals surface area contributed by atoms with E-state index in [4.69, 9.17) is 0 Å². The number of rotatable bonds is 3. The second kappa shape index (κ2) is 5.35. The van der Waals surface area contributed by atoms with Crippen LogP contribution in [0.3, 0.4) is 0 Å². The smallest absolute Gasteiger partial charge is 0.207 e. The van der Waals surface area contributed by atoms with Crippen molar-refractivity contribution in [2.24, 2.45) is 0 Å². The van der Waals surface area contributed by atoms with Gasteiger partial charge in [0, 0.05) is 17.3 Å². The van der Waals surface area contributed by atoms with Crippen LogP contribution in [0.4, 0.5) is 0 Å². The highest BCUT2D eigenvalue weighted by atomic mass is 32.2. The molecule has 2 aliphatic rings. The maximum atomic E-state index is 12.9. The summed E-state index contributed by atoms with van der Waals surface area (Å²) in [6, 6.07) is 7.69. The van der Waals surface area contributed by atoms with Crippen molar-refractivity contribution >= 4 is 21.8 Å². The third-order valence-electron chi connectivity index (χ3n) is 4.52. The lowest BCUT2D eigenvalue weighted by Crippen LogP contribution is -2.47. The number of aryl methyl sites for hydroxylation is 1. The van der Waals surface area contributed by atoms with Crippen LogP contribution >= 0.6 is 11.8 Å². The summed E-state index contributed by atoms with van der Waals surface area (Å²) in [7, 11) is -3.33. The van der Waals surface area contributed by atoms with E-state index in [0.717, 1.165) is 31.2 Å². The van der Waals surface area contributed by atoms with Gasteiger partial charge in [-0.15, -0.1) is 0 Å². The van der Waals surface area contributed by atoms with Gasteiger partial charge in [0.25, 0.3) is 0 Å². The number of fused-ring (bicyclic) bond motifs is 2. The van der Waals surface area contributed by atoms with E-state index in [1.54, 1.807) is 12.1 Å². The Hall–Kier alpha value is -0.520. The molecule has 2 heterocycles. The highest BCUT2D eigenvalue weighted by Crippen LogP contribution is 2.42. The van der Waals surface area contributed by atoms with Gasteiger partial charge in [-0.05, 0) is 56.6 Å². The van der Waals surface area contributed by atoms with Crippen LogP contribution in [0.15, 0.2) is 29.2 Å². The van der Waals surface area contributed by atoms with Gasteiger partial charge in [-0.25, -0.2) is 8.42 Å². The van der Waals surface area contributed by atoms with Gasteiger partial charge in [0.15, 0.2) is 0 Å². The zero-order valence-electron chi connectivity index (χ0n) is 12.0. The van der Waals surface area contributed by atoms with E-state index in [0.29, 0.717) is 10.1 Å². The zero-order chi connectivity index (χ0) is 14.3. The van der Waals surface area contributed by atoms with Crippen molar-refractivity contribution < 1.29 is 8.42 Å². The molecule has 0 amide bonds. The molecule has 2 atom stereocenters. The fourth-order valence-electron chi connectivity index (χ4n) is 3.57. The Balaban J connectivity index is 1.93. The molecule has 2 bridgehead atoms. The first-order valence-corrected chi connectivity index (χ1v) is 9.88. The number of piperidine rings is 1. The van der Waals surface area contributed by atoms with Crippen molar-refractivity contribution in [3.8, 4) is 0 Å². The summed E-state index contributed by atoms with van der Waals surface area (Å²) < 4.78 is 27.6. The quantitative estimate of drug-likeness (QED) is 0.861. The first kappa shape index (κ1) is 14.4. The van der Waals surface area contributed by atoms with E-state index in [9.17, 15) is 8.42 Å². The molecule has 20 heavy (non-hydrogen) atoms. The van der Waals surface area contributed by atoms with Gasteiger partial charge in [0.2, 0.25) is 10.0 Å². The van der Waals surface area contributed by atoms with Crippen LogP contribution in [-0.4, -0.2) is 36.3 Å². The standard InChI is InChI=1S/C15H21NO2S2/c1-11-4-3-5-15(8-11)20(17,18)16-12-6-7-13(16)10-14(9-12)19-2/h3-5,8,12-14H,6-7,9-10H2,1-2H3. The Bertz CT molecular complexity index is 586. The second-order valence-corrected chi connectivity index (χ2v) is 8.85. The van der Waals surface area contributed by atoms with Crippen LogP contribution in [0.1, 0.15) is 31.2 Å². The Morgan fingerprint density at radius 2 is 1.85 bits per heavy atom. The van der Waals surface area contributed by atoms with Crippen LogP contribution in [0, 0.1) is 6.92 Å². The normalized spacial score (nSPS) is 30.6. The molecule has 110 valence electrons. The van der Waals surface area contributed by atoms with Crippen LogP contribution in [0.5, 0.6) is 0 Å². The number of thioether (sulfide) groups is 1. The van der Waals surface area contributed by atoms with Crippen molar-refractivity contribution in [3.63, 3.8) is 0 Å². The van der Waals surface area contributed by atoms with Crippen molar-refractivity contribution in [1.29, 1.82) is 0 Å². The predicted octanol–water partition coefficient (Wildman–Crippen LogP) is 3.04. The summed E-state index contributed by atoms with van der Waals surface area (Å²) in [5, 5.41) is 0.622. The summed E-state index contributed by atoms with van der Waals surface area (Å²) >= 11 is 1.88. The fraction of sp³-hybridized carbons (Fsp3) is 0.600. The first-order valence-electron chi connectivity index (χ1n) is 7.15. The van der Waals surface area contributed by atoms with Crippen molar-refractivity contribution in [3.05, 3.63) is 29.8 Å². The molecule has 3 rings (SSSR count). The number of nitrogens with zero attached hydrogens (tertiary/aromatic N) is 1. The molecular weight excluding hydrogens is 290 g/mol. The maximum Gasteiger partial charge on any atom is 0.243 e. The van der Waals surface area contributed by atoms with E-state index in [-0.39, 0.29) is 12.1 Å². The average Bonchev–Trinajstić information content (AvgIpc) is 2.71. The van der Waals surface area contributed by atoms with Crippen LogP contribution < -0.4 is 0 Å². The van der Waals surface area contributed by atoms with Crippen molar-refractivity contribution in [2.75, 3.05) is 6.26 Å². The molecule has 2 aliphatic heterocycles. The molecule has 2 fully saturated rings. The fourth-order valence-corrected chi connectivity index (χ4v) is 6.39. The topological polar surface area (TPSA) is 37.4 Å². The van der Waals surface area contributed by atoms with E-state index in [1.165, 1.54) is 0 Å². The summed E-state index contributed by atoms with van der Waals surface area (Å²) in [6.07, 6.45) is 6.18. The van der Waals surface area contributed by atoms with Gasteiger partial charge in [-0.1, -0.05) is 12.1 Å². The van der Waals surface area contributed by atoms with Gasteiger partial charge in [0.05, 0.1) is 4.90 Å². The third kappa shape index (κ3) is 2.40. The minimum Gasteiger partial charge on any atom is -0.207 e. The molecule has 0 N–H and O–H groups in total. The molecule has 0 radical (unpaired) electrons. The van der Waals surface area contributed by atoms with Gasteiger partial charge in [0.1, 0.15) is 0 Å². The second-order valence-electron chi connectivity index (χ2n) is 5.87. The van der Waals surface area contributed by atoms with Crippen molar-refractivity contribution in [2.45, 2.75) is 54.8 Å². The number of hydrogen-bond donors (Lipinski definition) is 0. The molecule has 1 aromatic carbocycles. The van der Waals surface area contributed by atoms with E-state index >= 15 is 0 Å². The molecule has 0 aromatic heterocycles. The third-order valence-corrected chi connectivity index (χ3v) is 7.57. The molecule has 5 heteroatoms. The Morgan fingerprint density at radius 1 is 1.20 bits per heavy atom. The maximum absolute atomic E-state index is 12.9. The SMILES string of the molecule is CSC1CC2CCC(C1)N2S(=O)(=O)c1cccc(C)c1. The van der Waals surface area contributed by atoms with E-state index in [1.807, 2.05) is 35.1 Å². The summed E-state index contributed by atoms with van der Waals surface area (Å²) in [5.41, 5.74) is 0.998. The summed E-state index contributed by atoms with van der Waals surface area (Å²) in [6.45, 7) is 1.94. The molecule has 0 saturated carbocycles. The number of benzene rings is 1. The minimum atomic E-state index is -3.33. The average molecular weight is 311 g/mol. The molecule has 1 aromatic rings. The highest BCUT2D eigenvalue weighted by Gasteiger charge is 2.46. The van der Waals surface area contributed by atoms with E-state index in [2.05, 4.69) is 6.26 Å². The van der Waals surface area contributed by atoms with Gasteiger partial charge in [-0.3, -0.25) is 0 Å². The lowest BCUT2D eigenvalue weighted by Gasteiger charge is -2.37. The predicted molar refractivity (Wildman–Crippen MR) is 83.6 cm³/mol. The van der Waals surface area contributed by atoms with Gasteiger partial charge < -0.3 is 0 Å². The molecule has 0 spiro atoms. The number of sulfonamides is 1. The highest BCUT2D eigenvalue weighted by molar-refractivity contribution is 7.99. The lowest BCUT2D eigenvalue weighted by molar-refractivity contribution is 0.253. The molecule has 2 saturated heterocycles. The Labute approximate surface area is 125 Å². The summed E-state index contributed by atoms with van der Waals surface area (Å²) in [4.78, 5) is 0.456. The van der Waals surface area contributed by atoms with Gasteiger partial charge in [-0.2, -0.15) is 16.1 Å². The Kier molecular flexibility index (Phi) is 3.86. The largest absolute Gasteiger partial charge is 0.243 e. The minimum absolute atomic E-state index is 0.205. The molecule has 3 nitrogen and oxygen atoms in total. The summed E-state index contributed by atoms with van der Waals surface area (Å²) in [5.74, 6) is 0. The van der Waals surface area contributed by atoms with Crippen LogP contribution in [0.25, 0.3) is 0 Å². The first-order chi connectivity index (χ1) is 9.52. The Morgan fingerprint density at radius 3 is 2.40 bits per heavy atom. The zero-order valence-corrected chi connectivity index (χ0v) is 13.6. The lowest BCUT2D eigenvalue weighted by atomic mass is 10.1. The molecule has 0 aliphatic carbocycles. The number of hydrogen-bond acceptors (Lipinski definition) is 3. The molecular formula is C15H21NO2S2. The molecule has 2 unspecified atom stereocenters. The van der Waals surface area contributed by atoms with Crippen LogP contribution in [0.2, 0.25) is 0 Å². The monoisotopic (exact) mass is 311 g/mol. The van der Waals surface area contributed by atoms with Crippen LogP contribution in [-0.2, 0) is 10.0 Å².